The lowest BCUT2D eigenvalue weighted by atomic mass is 9.98. The van der Waals surface area contributed by atoms with E-state index in [0.717, 1.165) is 17.4 Å². The number of benzene rings is 1. The van der Waals surface area contributed by atoms with Crippen LogP contribution in [-0.2, 0) is 0 Å². The summed E-state index contributed by atoms with van der Waals surface area (Å²) < 4.78 is 20.5. The van der Waals surface area contributed by atoms with Crippen LogP contribution in [0, 0.1) is 0 Å². The maximum absolute atomic E-state index is 14.5. The third kappa shape index (κ3) is 3.07. The Hall–Kier alpha value is -1.68. The Morgan fingerprint density at radius 2 is 2.00 bits per heavy atom. The number of rotatable bonds is 2. The van der Waals surface area contributed by atoms with Crippen molar-refractivity contribution < 1.29 is 9.13 Å². The van der Waals surface area contributed by atoms with Crippen molar-refractivity contribution in [2.75, 3.05) is 13.1 Å². The van der Waals surface area contributed by atoms with Gasteiger partial charge in [-0.05, 0) is 39.3 Å². The van der Waals surface area contributed by atoms with Gasteiger partial charge in [0.2, 0.25) is 0 Å². The fourth-order valence-corrected chi connectivity index (χ4v) is 2.96. The zero-order valence-electron chi connectivity index (χ0n) is 13.4. The molecule has 1 saturated heterocycles. The molecule has 1 aliphatic heterocycles. The molecule has 0 aliphatic carbocycles. The molecule has 0 amide bonds. The van der Waals surface area contributed by atoms with Gasteiger partial charge in [-0.15, -0.1) is 0 Å². The van der Waals surface area contributed by atoms with Crippen molar-refractivity contribution in [2.24, 2.45) is 0 Å². The van der Waals surface area contributed by atoms with Gasteiger partial charge in [0, 0.05) is 30.2 Å². The van der Waals surface area contributed by atoms with E-state index in [9.17, 15) is 4.39 Å². The second-order valence-electron chi connectivity index (χ2n) is 6.91. The molecule has 3 nitrogen and oxygen atoms in total. The minimum atomic E-state index is -0.980. The van der Waals surface area contributed by atoms with Gasteiger partial charge in [0.1, 0.15) is 23.5 Å². The summed E-state index contributed by atoms with van der Waals surface area (Å²) in [7, 11) is 0. The monoisotopic (exact) mass is 302 g/mol. The molecule has 118 valence electrons. The number of piperidine rings is 1. The fraction of sp³-hybridized carbons (Fsp3) is 0.500. The molecule has 0 N–H and O–H groups in total. The minimum Gasteiger partial charge on any atom is -0.485 e. The van der Waals surface area contributed by atoms with E-state index in [1.165, 1.54) is 0 Å². The van der Waals surface area contributed by atoms with Crippen LogP contribution < -0.4 is 4.74 Å². The van der Waals surface area contributed by atoms with E-state index in [1.807, 2.05) is 30.3 Å². The summed E-state index contributed by atoms with van der Waals surface area (Å²) in [5.74, 6) is 0.676. The Kier molecular flexibility index (Phi) is 4.04. The van der Waals surface area contributed by atoms with E-state index in [0.29, 0.717) is 18.7 Å². The normalized spacial score (nSPS) is 23.6. The summed E-state index contributed by atoms with van der Waals surface area (Å²) in [6, 6.07) is 9.68. The Bertz CT molecular complexity index is 648. The van der Waals surface area contributed by atoms with Crippen molar-refractivity contribution in [1.82, 2.24) is 9.88 Å². The van der Waals surface area contributed by atoms with Gasteiger partial charge in [-0.1, -0.05) is 18.2 Å². The molecule has 0 bridgehead atoms. The second-order valence-corrected chi connectivity index (χ2v) is 6.91. The minimum absolute atomic E-state index is 0.00366. The highest BCUT2D eigenvalue weighted by atomic mass is 19.1. The van der Waals surface area contributed by atoms with Gasteiger partial charge in [-0.3, -0.25) is 9.88 Å². The van der Waals surface area contributed by atoms with Crippen LogP contribution in [-0.4, -0.2) is 40.8 Å². The summed E-state index contributed by atoms with van der Waals surface area (Å²) >= 11 is 0. The number of pyridine rings is 1. The van der Waals surface area contributed by atoms with Crippen LogP contribution in [0.1, 0.15) is 27.2 Å². The summed E-state index contributed by atoms with van der Waals surface area (Å²) in [4.78, 5) is 6.55. The predicted molar refractivity (Wildman–Crippen MR) is 87.0 cm³/mol. The van der Waals surface area contributed by atoms with Crippen molar-refractivity contribution in [3.63, 3.8) is 0 Å². The number of hydrogen-bond donors (Lipinski definition) is 0. The lowest BCUT2D eigenvalue weighted by Crippen LogP contribution is -2.53. The molecule has 3 rings (SSSR count). The van der Waals surface area contributed by atoms with E-state index < -0.39 is 12.3 Å². The maximum Gasteiger partial charge on any atom is 0.149 e. The van der Waals surface area contributed by atoms with Gasteiger partial charge < -0.3 is 4.74 Å². The Labute approximate surface area is 131 Å². The standard InChI is InChI=1S/C18H23FN2O/c1-18(2,3)21-11-9-15(14(19)12-21)22-16-8-4-6-13-7-5-10-20-17(13)16/h4-8,10,14-15H,9,11-12H2,1-3H3/t14-,15-/m0/s1. The highest BCUT2D eigenvalue weighted by Crippen LogP contribution is 2.29. The number of aromatic nitrogens is 1. The smallest absolute Gasteiger partial charge is 0.149 e. The highest BCUT2D eigenvalue weighted by molar-refractivity contribution is 5.84. The molecule has 0 saturated carbocycles. The van der Waals surface area contributed by atoms with E-state index in [4.69, 9.17) is 4.74 Å². The lowest BCUT2D eigenvalue weighted by Gasteiger charge is -2.42. The van der Waals surface area contributed by atoms with Crippen molar-refractivity contribution in [1.29, 1.82) is 0 Å². The Morgan fingerprint density at radius 3 is 2.73 bits per heavy atom. The van der Waals surface area contributed by atoms with E-state index in [-0.39, 0.29) is 5.54 Å². The van der Waals surface area contributed by atoms with Gasteiger partial charge in [-0.2, -0.15) is 0 Å². The summed E-state index contributed by atoms with van der Waals surface area (Å²) in [5, 5.41) is 1.02. The Morgan fingerprint density at radius 1 is 1.23 bits per heavy atom. The first-order chi connectivity index (χ1) is 10.4. The van der Waals surface area contributed by atoms with E-state index in [2.05, 4.69) is 30.7 Å². The topological polar surface area (TPSA) is 25.4 Å². The first-order valence-corrected chi connectivity index (χ1v) is 7.85. The molecule has 2 heterocycles. The number of ether oxygens (including phenoxy) is 1. The number of hydrogen-bond acceptors (Lipinski definition) is 3. The first kappa shape index (κ1) is 15.2. The average molecular weight is 302 g/mol. The van der Waals surface area contributed by atoms with Crippen LogP contribution in [0.5, 0.6) is 5.75 Å². The Balaban J connectivity index is 1.76. The fourth-order valence-electron chi connectivity index (χ4n) is 2.96. The van der Waals surface area contributed by atoms with Crippen LogP contribution in [0.15, 0.2) is 36.5 Å². The molecule has 0 spiro atoms. The molecule has 1 aliphatic rings. The van der Waals surface area contributed by atoms with Crippen molar-refractivity contribution in [3.05, 3.63) is 36.5 Å². The number of fused-ring (bicyclic) bond motifs is 1. The highest BCUT2D eigenvalue weighted by Gasteiger charge is 2.35. The molecule has 4 heteroatoms. The maximum atomic E-state index is 14.5. The van der Waals surface area contributed by atoms with Gasteiger partial charge >= 0.3 is 0 Å². The zero-order chi connectivity index (χ0) is 15.7. The predicted octanol–water partition coefficient (Wildman–Crippen LogP) is 3.82. The number of alkyl halides is 1. The average Bonchev–Trinajstić information content (AvgIpc) is 2.48. The van der Waals surface area contributed by atoms with Crippen molar-refractivity contribution in [2.45, 2.75) is 45.0 Å². The number of likely N-dealkylation sites (tertiary alicyclic amines) is 1. The third-order valence-corrected chi connectivity index (χ3v) is 4.30. The van der Waals surface area contributed by atoms with Gasteiger partial charge in [0.05, 0.1) is 0 Å². The molecular formula is C18H23FN2O. The van der Waals surface area contributed by atoms with Crippen molar-refractivity contribution in [3.8, 4) is 5.75 Å². The molecule has 2 aromatic rings. The van der Waals surface area contributed by atoms with Crippen LogP contribution in [0.3, 0.4) is 0 Å². The number of para-hydroxylation sites is 1. The molecule has 2 atom stereocenters. The summed E-state index contributed by atoms with van der Waals surface area (Å²) in [6.07, 6.45) is 1.06. The lowest BCUT2D eigenvalue weighted by molar-refractivity contribution is -0.0110. The third-order valence-electron chi connectivity index (χ3n) is 4.30. The quantitative estimate of drug-likeness (QED) is 0.843. The van der Waals surface area contributed by atoms with Crippen LogP contribution in [0.25, 0.3) is 10.9 Å². The van der Waals surface area contributed by atoms with Gasteiger partial charge in [0.15, 0.2) is 0 Å². The molecular weight excluding hydrogens is 279 g/mol. The summed E-state index contributed by atoms with van der Waals surface area (Å²) in [6.45, 7) is 7.64. The molecule has 22 heavy (non-hydrogen) atoms. The number of nitrogens with zero attached hydrogens (tertiary/aromatic N) is 2. The van der Waals surface area contributed by atoms with Crippen molar-refractivity contribution >= 4 is 10.9 Å². The molecule has 1 aromatic carbocycles. The molecule has 1 fully saturated rings. The van der Waals surface area contributed by atoms with E-state index >= 15 is 0 Å². The van der Waals surface area contributed by atoms with E-state index in [1.54, 1.807) is 6.20 Å². The molecule has 1 aromatic heterocycles. The summed E-state index contributed by atoms with van der Waals surface area (Å²) in [5.41, 5.74) is 0.798. The van der Waals surface area contributed by atoms with Crippen LogP contribution >= 0.6 is 0 Å². The molecule has 0 unspecified atom stereocenters. The SMILES string of the molecule is CC(C)(C)N1CC[C@H](Oc2cccc3cccnc23)[C@@H](F)C1. The second kappa shape index (κ2) is 5.84. The van der Waals surface area contributed by atoms with Gasteiger partial charge in [-0.25, -0.2) is 4.39 Å². The number of halogens is 1. The zero-order valence-corrected chi connectivity index (χ0v) is 13.4. The molecule has 0 radical (unpaired) electrons. The van der Waals surface area contributed by atoms with Crippen LogP contribution in [0.4, 0.5) is 4.39 Å². The largest absolute Gasteiger partial charge is 0.485 e. The first-order valence-electron chi connectivity index (χ1n) is 7.85. The van der Waals surface area contributed by atoms with Crippen LogP contribution in [0.2, 0.25) is 0 Å². The van der Waals surface area contributed by atoms with Gasteiger partial charge in [0.25, 0.3) is 0 Å².